The molecule has 0 spiro atoms. The van der Waals surface area contributed by atoms with E-state index in [1.54, 1.807) is 17.5 Å². The Hall–Kier alpha value is -1.77. The minimum Gasteiger partial charge on any atom is -0.320 e. The monoisotopic (exact) mass is 379 g/mol. The maximum Gasteiger partial charge on any atom is 0.275 e. The number of nitrogens with one attached hydrogen (secondary N) is 1. The molecule has 2 heterocycles. The van der Waals surface area contributed by atoms with Crippen molar-refractivity contribution >= 4 is 33.0 Å². The van der Waals surface area contributed by atoms with Crippen LogP contribution in [-0.2, 0) is 10.0 Å². The van der Waals surface area contributed by atoms with Gasteiger partial charge < -0.3 is 5.32 Å². The van der Waals surface area contributed by atoms with Crippen molar-refractivity contribution in [1.29, 1.82) is 0 Å². The van der Waals surface area contributed by atoms with Crippen LogP contribution in [0.15, 0.2) is 28.5 Å². The molecule has 6 nitrogen and oxygen atoms in total. The van der Waals surface area contributed by atoms with E-state index in [0.717, 1.165) is 29.8 Å². The number of benzene rings is 1. The molecule has 25 heavy (non-hydrogen) atoms. The van der Waals surface area contributed by atoms with Crippen LogP contribution in [0, 0.1) is 13.8 Å². The normalized spacial score (nSPS) is 15.9. The second-order valence-corrected chi connectivity index (χ2v) is 9.15. The van der Waals surface area contributed by atoms with E-state index in [2.05, 4.69) is 10.3 Å². The molecule has 1 amide bonds. The fourth-order valence-electron chi connectivity index (χ4n) is 2.80. The number of anilines is 1. The highest BCUT2D eigenvalue weighted by Gasteiger charge is 2.26. The average molecular weight is 380 g/mol. The highest BCUT2D eigenvalue weighted by atomic mass is 32.2. The van der Waals surface area contributed by atoms with Gasteiger partial charge in [0.1, 0.15) is 5.69 Å². The van der Waals surface area contributed by atoms with Crippen LogP contribution in [-0.4, -0.2) is 36.7 Å². The topological polar surface area (TPSA) is 79.4 Å². The highest BCUT2D eigenvalue weighted by molar-refractivity contribution is 7.89. The Morgan fingerprint density at radius 2 is 1.92 bits per heavy atom. The van der Waals surface area contributed by atoms with Gasteiger partial charge in [0.05, 0.1) is 9.90 Å². The summed E-state index contributed by atoms with van der Waals surface area (Å²) >= 11 is 1.40. The lowest BCUT2D eigenvalue weighted by molar-refractivity contribution is 0.102. The van der Waals surface area contributed by atoms with Crippen molar-refractivity contribution < 1.29 is 13.2 Å². The largest absolute Gasteiger partial charge is 0.320 e. The van der Waals surface area contributed by atoms with Gasteiger partial charge in [0, 0.05) is 24.2 Å². The molecule has 3 rings (SSSR count). The Morgan fingerprint density at radius 1 is 1.20 bits per heavy atom. The van der Waals surface area contributed by atoms with Crippen molar-refractivity contribution in [2.24, 2.45) is 0 Å². The smallest absolute Gasteiger partial charge is 0.275 e. The van der Waals surface area contributed by atoms with Gasteiger partial charge in [0.2, 0.25) is 10.0 Å². The molecular weight excluding hydrogens is 358 g/mol. The van der Waals surface area contributed by atoms with Gasteiger partial charge in [0.15, 0.2) is 0 Å². The summed E-state index contributed by atoms with van der Waals surface area (Å²) in [5, 5.41) is 5.27. The van der Waals surface area contributed by atoms with Crippen molar-refractivity contribution in [1.82, 2.24) is 9.29 Å². The number of hydrogen-bond acceptors (Lipinski definition) is 5. The lowest BCUT2D eigenvalue weighted by Crippen LogP contribution is -2.35. The van der Waals surface area contributed by atoms with Gasteiger partial charge >= 0.3 is 0 Å². The fraction of sp³-hybridized carbons (Fsp3) is 0.412. The first kappa shape index (κ1) is 18.0. The van der Waals surface area contributed by atoms with Gasteiger partial charge in [-0.2, -0.15) is 4.31 Å². The van der Waals surface area contributed by atoms with Crippen molar-refractivity contribution in [3.63, 3.8) is 0 Å². The van der Waals surface area contributed by atoms with Gasteiger partial charge in [0.25, 0.3) is 5.91 Å². The maximum atomic E-state index is 12.8. The first-order chi connectivity index (χ1) is 11.9. The van der Waals surface area contributed by atoms with Gasteiger partial charge in [-0.25, -0.2) is 13.4 Å². The second-order valence-electron chi connectivity index (χ2n) is 6.15. The molecule has 1 N–H and O–H groups in total. The van der Waals surface area contributed by atoms with Crippen LogP contribution in [0.3, 0.4) is 0 Å². The minimum absolute atomic E-state index is 0.213. The number of thiazole rings is 1. The molecule has 0 atom stereocenters. The first-order valence-corrected chi connectivity index (χ1v) is 10.5. The number of sulfonamides is 1. The summed E-state index contributed by atoms with van der Waals surface area (Å²) in [7, 11) is -3.53. The number of piperidine rings is 1. The zero-order valence-electron chi connectivity index (χ0n) is 14.3. The Labute approximate surface area is 151 Å². The molecule has 8 heteroatoms. The summed E-state index contributed by atoms with van der Waals surface area (Å²) in [5.41, 5.74) is 1.64. The molecule has 2 aromatic rings. The van der Waals surface area contributed by atoms with Crippen molar-refractivity contribution in [2.45, 2.75) is 38.0 Å². The maximum absolute atomic E-state index is 12.8. The average Bonchev–Trinajstić information content (AvgIpc) is 3.04. The highest BCUT2D eigenvalue weighted by Crippen LogP contribution is 2.25. The molecule has 1 aliphatic heterocycles. The predicted octanol–water partition coefficient (Wildman–Crippen LogP) is 3.19. The molecule has 1 aliphatic rings. The standard InChI is InChI=1S/C17H21N3O3S2/c1-12-6-7-14(25(22,23)20-8-4-3-5-9-20)10-15(12)19-17(21)16-11-24-13(2)18-16/h6-7,10-11H,3-5,8-9H2,1-2H3,(H,19,21). The third-order valence-electron chi connectivity index (χ3n) is 4.26. The summed E-state index contributed by atoms with van der Waals surface area (Å²) in [4.78, 5) is 16.7. The molecule has 1 fully saturated rings. The molecule has 134 valence electrons. The van der Waals surface area contributed by atoms with Gasteiger partial charge in [-0.3, -0.25) is 4.79 Å². The molecule has 1 aromatic heterocycles. The number of rotatable bonds is 4. The van der Waals surface area contributed by atoms with Crippen LogP contribution in [0.25, 0.3) is 0 Å². The van der Waals surface area contributed by atoms with Crippen LogP contribution in [0.4, 0.5) is 5.69 Å². The summed E-state index contributed by atoms with van der Waals surface area (Å²) in [6.45, 7) is 4.77. The van der Waals surface area contributed by atoms with E-state index in [1.807, 2.05) is 13.8 Å². The van der Waals surface area contributed by atoms with E-state index < -0.39 is 10.0 Å². The zero-order valence-corrected chi connectivity index (χ0v) is 15.9. The van der Waals surface area contributed by atoms with E-state index in [1.165, 1.54) is 21.7 Å². The van der Waals surface area contributed by atoms with E-state index in [0.29, 0.717) is 24.5 Å². The first-order valence-electron chi connectivity index (χ1n) is 8.22. The van der Waals surface area contributed by atoms with Crippen LogP contribution in [0.2, 0.25) is 0 Å². The van der Waals surface area contributed by atoms with Gasteiger partial charge in [-0.05, 0) is 44.4 Å². The molecule has 1 saturated heterocycles. The molecule has 0 saturated carbocycles. The molecule has 0 radical (unpaired) electrons. The Kier molecular flexibility index (Phi) is 5.21. The zero-order chi connectivity index (χ0) is 18.0. The summed E-state index contributed by atoms with van der Waals surface area (Å²) < 4.78 is 27.1. The molecule has 0 aliphatic carbocycles. The number of nitrogens with zero attached hydrogens (tertiary/aromatic N) is 2. The number of carbonyl (C=O) groups excluding carboxylic acids is 1. The van der Waals surface area contributed by atoms with Crippen LogP contribution in [0.5, 0.6) is 0 Å². The van der Waals surface area contributed by atoms with E-state index >= 15 is 0 Å². The third-order valence-corrected chi connectivity index (χ3v) is 6.93. The summed E-state index contributed by atoms with van der Waals surface area (Å²) in [6.07, 6.45) is 2.84. The summed E-state index contributed by atoms with van der Waals surface area (Å²) in [5.74, 6) is -0.333. The molecular formula is C17H21N3O3S2. The van der Waals surface area contributed by atoms with E-state index in [4.69, 9.17) is 0 Å². The van der Waals surface area contributed by atoms with Gasteiger partial charge in [-0.1, -0.05) is 12.5 Å². The summed E-state index contributed by atoms with van der Waals surface area (Å²) in [6, 6.07) is 4.86. The van der Waals surface area contributed by atoms with E-state index in [-0.39, 0.29) is 10.8 Å². The number of aromatic nitrogens is 1. The minimum atomic E-state index is -3.53. The number of aryl methyl sites for hydroxylation is 2. The third kappa shape index (κ3) is 3.91. The predicted molar refractivity (Wildman–Crippen MR) is 98.6 cm³/mol. The molecule has 0 unspecified atom stereocenters. The van der Waals surface area contributed by atoms with Crippen molar-refractivity contribution in [3.05, 3.63) is 39.8 Å². The van der Waals surface area contributed by atoms with Crippen molar-refractivity contribution in [3.8, 4) is 0 Å². The number of hydrogen-bond donors (Lipinski definition) is 1. The lowest BCUT2D eigenvalue weighted by Gasteiger charge is -2.26. The molecule has 0 bridgehead atoms. The number of carbonyl (C=O) groups is 1. The lowest BCUT2D eigenvalue weighted by atomic mass is 10.2. The van der Waals surface area contributed by atoms with Crippen LogP contribution >= 0.6 is 11.3 Å². The Bertz CT molecular complexity index is 884. The molecule has 1 aromatic carbocycles. The second kappa shape index (κ2) is 7.23. The SMILES string of the molecule is Cc1nc(C(=O)Nc2cc(S(=O)(=O)N3CCCCC3)ccc2C)cs1. The van der Waals surface area contributed by atoms with Gasteiger partial charge in [-0.15, -0.1) is 11.3 Å². The Balaban J connectivity index is 1.86. The van der Waals surface area contributed by atoms with E-state index in [9.17, 15) is 13.2 Å². The van der Waals surface area contributed by atoms with Crippen LogP contribution in [0.1, 0.15) is 40.3 Å². The quantitative estimate of drug-likeness (QED) is 0.885. The van der Waals surface area contributed by atoms with Crippen LogP contribution < -0.4 is 5.32 Å². The number of amides is 1. The van der Waals surface area contributed by atoms with Crippen molar-refractivity contribution in [2.75, 3.05) is 18.4 Å². The Morgan fingerprint density at radius 3 is 2.56 bits per heavy atom. The fourth-order valence-corrected chi connectivity index (χ4v) is 4.94.